The fraction of sp³-hybridized carbons (Fsp3) is 0.632. The maximum atomic E-state index is 12.8. The normalized spacial score (nSPS) is 25.0. The number of hydrogen-bond acceptors (Lipinski definition) is 4. The van der Waals surface area contributed by atoms with Crippen LogP contribution in [-0.4, -0.2) is 68.1 Å². The minimum absolute atomic E-state index is 0.0902. The van der Waals surface area contributed by atoms with Crippen molar-refractivity contribution in [3.8, 4) is 5.75 Å². The minimum atomic E-state index is 0.0902. The molecule has 1 aromatic carbocycles. The zero-order chi connectivity index (χ0) is 17.0. The van der Waals surface area contributed by atoms with Gasteiger partial charge in [0.1, 0.15) is 5.75 Å². The summed E-state index contributed by atoms with van der Waals surface area (Å²) in [5.41, 5.74) is 1.06. The molecule has 2 aliphatic heterocycles. The van der Waals surface area contributed by atoms with Crippen molar-refractivity contribution in [1.82, 2.24) is 15.1 Å². The molecule has 2 heterocycles. The minimum Gasteiger partial charge on any atom is -0.493 e. The van der Waals surface area contributed by atoms with Gasteiger partial charge in [0.05, 0.1) is 12.2 Å². The lowest BCUT2D eigenvalue weighted by Crippen LogP contribution is -2.51. The molecular weight excluding hydrogens is 302 g/mol. The summed E-state index contributed by atoms with van der Waals surface area (Å²) in [6.07, 6.45) is 1.24. The molecule has 3 rings (SSSR count). The van der Waals surface area contributed by atoms with E-state index in [0.29, 0.717) is 23.3 Å². The van der Waals surface area contributed by atoms with Crippen molar-refractivity contribution in [2.45, 2.75) is 20.3 Å². The number of benzene rings is 1. The van der Waals surface area contributed by atoms with Gasteiger partial charge >= 0.3 is 0 Å². The first-order valence-electron chi connectivity index (χ1n) is 9.05. The van der Waals surface area contributed by atoms with Crippen LogP contribution < -0.4 is 10.1 Å². The Morgan fingerprint density at radius 2 is 2.00 bits per heavy atom. The Labute approximate surface area is 145 Å². The van der Waals surface area contributed by atoms with Crippen LogP contribution in [0.25, 0.3) is 0 Å². The number of ether oxygens (including phenoxy) is 1. The lowest BCUT2D eigenvalue weighted by molar-refractivity contribution is 0.0578. The molecule has 2 fully saturated rings. The molecule has 5 nitrogen and oxygen atoms in total. The molecule has 1 amide bonds. The van der Waals surface area contributed by atoms with Crippen LogP contribution in [0.15, 0.2) is 24.3 Å². The molecule has 0 bridgehead atoms. The molecule has 24 heavy (non-hydrogen) atoms. The largest absolute Gasteiger partial charge is 0.493 e. The molecule has 1 N–H and O–H groups in total. The van der Waals surface area contributed by atoms with E-state index in [1.165, 1.54) is 6.42 Å². The van der Waals surface area contributed by atoms with Gasteiger partial charge in [-0.2, -0.15) is 0 Å². The van der Waals surface area contributed by atoms with Gasteiger partial charge in [-0.25, -0.2) is 0 Å². The van der Waals surface area contributed by atoms with E-state index in [0.717, 1.165) is 45.8 Å². The second-order valence-corrected chi connectivity index (χ2v) is 7.23. The molecule has 1 atom stereocenters. The van der Waals surface area contributed by atoms with Gasteiger partial charge in [0.2, 0.25) is 0 Å². The van der Waals surface area contributed by atoms with Crippen molar-refractivity contribution in [3.05, 3.63) is 29.8 Å². The zero-order valence-corrected chi connectivity index (χ0v) is 14.9. The van der Waals surface area contributed by atoms with Crippen molar-refractivity contribution in [1.29, 1.82) is 0 Å². The summed E-state index contributed by atoms with van der Waals surface area (Å²) in [5, 5.41) is 3.46. The smallest absolute Gasteiger partial charge is 0.257 e. The maximum absolute atomic E-state index is 12.8. The molecule has 1 aromatic rings. The van der Waals surface area contributed by atoms with Crippen LogP contribution in [0.4, 0.5) is 0 Å². The summed E-state index contributed by atoms with van der Waals surface area (Å²) in [6, 6.07) is 7.56. The molecule has 0 saturated carbocycles. The number of para-hydroxylation sites is 1. The van der Waals surface area contributed by atoms with E-state index in [4.69, 9.17) is 4.74 Å². The maximum Gasteiger partial charge on any atom is 0.257 e. The summed E-state index contributed by atoms with van der Waals surface area (Å²) in [5.74, 6) is 0.782. The van der Waals surface area contributed by atoms with Crippen molar-refractivity contribution < 1.29 is 9.53 Å². The molecule has 0 aliphatic carbocycles. The summed E-state index contributed by atoms with van der Waals surface area (Å²) >= 11 is 0. The highest BCUT2D eigenvalue weighted by atomic mass is 16.5. The first-order chi connectivity index (χ1) is 11.6. The van der Waals surface area contributed by atoms with Gasteiger partial charge in [0.15, 0.2) is 0 Å². The lowest BCUT2D eigenvalue weighted by Gasteiger charge is -2.38. The van der Waals surface area contributed by atoms with Crippen molar-refractivity contribution in [2.75, 3.05) is 52.4 Å². The molecule has 0 radical (unpaired) electrons. The first kappa shape index (κ1) is 17.2. The number of piperazine rings is 1. The van der Waals surface area contributed by atoms with Gasteiger partial charge in [0.25, 0.3) is 5.91 Å². The van der Waals surface area contributed by atoms with Crippen molar-refractivity contribution >= 4 is 5.91 Å². The molecule has 2 aliphatic rings. The first-order valence-corrected chi connectivity index (χ1v) is 9.05. The number of amides is 1. The highest BCUT2D eigenvalue weighted by Gasteiger charge is 2.32. The zero-order valence-electron chi connectivity index (χ0n) is 14.9. The quantitative estimate of drug-likeness (QED) is 0.894. The number of nitrogens with zero attached hydrogens (tertiary/aromatic N) is 2. The number of rotatable bonds is 5. The van der Waals surface area contributed by atoms with Gasteiger partial charge in [0, 0.05) is 39.3 Å². The fourth-order valence-corrected chi connectivity index (χ4v) is 3.75. The third-order valence-electron chi connectivity index (χ3n) is 5.14. The summed E-state index contributed by atoms with van der Waals surface area (Å²) in [6.45, 7) is 11.7. The van der Waals surface area contributed by atoms with Crippen LogP contribution in [0.1, 0.15) is 30.6 Å². The van der Waals surface area contributed by atoms with E-state index in [9.17, 15) is 4.79 Å². The Hall–Kier alpha value is -1.59. The van der Waals surface area contributed by atoms with E-state index in [1.807, 2.05) is 36.1 Å². The Balaban J connectivity index is 1.57. The van der Waals surface area contributed by atoms with Crippen LogP contribution in [0.2, 0.25) is 0 Å². The monoisotopic (exact) mass is 331 g/mol. The lowest BCUT2D eigenvalue weighted by atomic mass is 9.89. The summed E-state index contributed by atoms with van der Waals surface area (Å²) in [7, 11) is 0. The third-order valence-corrected chi connectivity index (χ3v) is 5.14. The summed E-state index contributed by atoms with van der Waals surface area (Å²) < 4.78 is 5.61. The molecular formula is C19H29N3O2. The third kappa shape index (κ3) is 3.90. The number of carbonyl (C=O) groups is 1. The van der Waals surface area contributed by atoms with Gasteiger partial charge in [-0.1, -0.05) is 19.1 Å². The number of hydrogen-bond donors (Lipinski definition) is 1. The van der Waals surface area contributed by atoms with Crippen molar-refractivity contribution in [2.24, 2.45) is 5.41 Å². The van der Waals surface area contributed by atoms with Crippen LogP contribution in [0.3, 0.4) is 0 Å². The fourth-order valence-electron chi connectivity index (χ4n) is 3.75. The standard InChI is InChI=1S/C19H29N3O2/c1-3-24-17-7-5-4-6-16(17)18(23)22-12-10-21(11-13-22)15-19(2)8-9-20-14-19/h4-7,20H,3,8-15H2,1-2H3. The van der Waals surface area contributed by atoms with E-state index >= 15 is 0 Å². The second-order valence-electron chi connectivity index (χ2n) is 7.23. The number of carbonyl (C=O) groups excluding carboxylic acids is 1. The Bertz CT molecular complexity index is 561. The molecule has 1 unspecified atom stereocenters. The van der Waals surface area contributed by atoms with Gasteiger partial charge < -0.3 is 15.0 Å². The predicted molar refractivity (Wildman–Crippen MR) is 95.5 cm³/mol. The van der Waals surface area contributed by atoms with E-state index in [-0.39, 0.29) is 5.91 Å². The Morgan fingerprint density at radius 1 is 1.25 bits per heavy atom. The van der Waals surface area contributed by atoms with Gasteiger partial charge in [-0.3, -0.25) is 9.69 Å². The second kappa shape index (κ2) is 7.53. The predicted octanol–water partition coefficient (Wildman–Crippen LogP) is 1.84. The van der Waals surface area contributed by atoms with Crippen LogP contribution >= 0.6 is 0 Å². The van der Waals surface area contributed by atoms with E-state index in [1.54, 1.807) is 0 Å². The van der Waals surface area contributed by atoms with Gasteiger partial charge in [-0.05, 0) is 37.4 Å². The molecule has 0 aromatic heterocycles. The average molecular weight is 331 g/mol. The SMILES string of the molecule is CCOc1ccccc1C(=O)N1CCN(CC2(C)CCNC2)CC1. The molecule has 2 saturated heterocycles. The number of nitrogens with one attached hydrogen (secondary N) is 1. The highest BCUT2D eigenvalue weighted by Crippen LogP contribution is 2.26. The average Bonchev–Trinajstić information content (AvgIpc) is 3.02. The van der Waals surface area contributed by atoms with Gasteiger partial charge in [-0.15, -0.1) is 0 Å². The molecule has 5 heteroatoms. The van der Waals surface area contributed by atoms with Crippen LogP contribution in [0.5, 0.6) is 5.75 Å². The van der Waals surface area contributed by atoms with E-state index in [2.05, 4.69) is 17.1 Å². The Kier molecular flexibility index (Phi) is 5.41. The topological polar surface area (TPSA) is 44.8 Å². The van der Waals surface area contributed by atoms with E-state index < -0.39 is 0 Å². The van der Waals surface area contributed by atoms with Crippen LogP contribution in [0, 0.1) is 5.41 Å². The van der Waals surface area contributed by atoms with Crippen molar-refractivity contribution in [3.63, 3.8) is 0 Å². The molecule has 0 spiro atoms. The molecule has 132 valence electrons. The highest BCUT2D eigenvalue weighted by molar-refractivity contribution is 5.97. The summed E-state index contributed by atoms with van der Waals surface area (Å²) in [4.78, 5) is 17.3. The van der Waals surface area contributed by atoms with Crippen LogP contribution in [-0.2, 0) is 0 Å². The Morgan fingerprint density at radius 3 is 2.67 bits per heavy atom.